The van der Waals surface area contributed by atoms with E-state index in [1.54, 1.807) is 19.9 Å². The van der Waals surface area contributed by atoms with Gasteiger partial charge in [-0.3, -0.25) is 33.6 Å². The zero-order valence-corrected chi connectivity index (χ0v) is 71.4. The van der Waals surface area contributed by atoms with Gasteiger partial charge in [0.25, 0.3) is 0 Å². The first-order valence-corrected chi connectivity index (χ1v) is 39.4. The largest absolute Gasteiger partial charge is 0.466 e. The molecule has 0 aromatic rings. The minimum Gasteiger partial charge on any atom is -0.466 e. The van der Waals surface area contributed by atoms with Crippen molar-refractivity contribution in [3.8, 4) is 0 Å². The third-order valence-electron chi connectivity index (χ3n) is 16.3. The molecule has 0 aliphatic carbocycles. The molecular formula is C86H134N4O30. The molecule has 0 saturated carbocycles. The summed E-state index contributed by atoms with van der Waals surface area (Å²) in [7, 11) is 0. The quantitative estimate of drug-likeness (QED) is 0.0189. The van der Waals surface area contributed by atoms with E-state index in [0.717, 1.165) is 61.8 Å². The highest BCUT2D eigenvalue weighted by atomic mass is 16.6. The lowest BCUT2D eigenvalue weighted by molar-refractivity contribution is -0.162. The molecule has 0 aromatic heterocycles. The Labute approximate surface area is 708 Å². The average Bonchev–Trinajstić information content (AvgIpc) is 0.874. The molecule has 34 heteroatoms. The van der Waals surface area contributed by atoms with Gasteiger partial charge in [-0.05, 0) is 70.8 Å². The zero-order valence-electron chi connectivity index (χ0n) is 71.4. The number of unbranched alkanes of at least 4 members (excludes halogenated alkanes) is 3. The molecule has 0 heterocycles. The molecule has 0 bridgehead atoms. The van der Waals surface area contributed by atoms with Gasteiger partial charge in [-0.1, -0.05) is 112 Å². The number of nitrogens with zero attached hydrogens (tertiary/aromatic N) is 2. The third kappa shape index (κ3) is 70.1. The second-order valence-electron chi connectivity index (χ2n) is 25.9. The Morgan fingerprint density at radius 3 is 0.850 bits per heavy atom. The smallest absolute Gasteiger partial charge is 0.330 e. The van der Waals surface area contributed by atoms with E-state index in [4.69, 9.17) is 73.0 Å². The van der Waals surface area contributed by atoms with Gasteiger partial charge in [-0.25, -0.2) is 38.4 Å². The van der Waals surface area contributed by atoms with Crippen molar-refractivity contribution in [1.29, 1.82) is 0 Å². The number of allylic oxidation sites excluding steroid dienone is 1. The Hall–Kier alpha value is -11.0. The van der Waals surface area contributed by atoms with Crippen molar-refractivity contribution in [3.63, 3.8) is 0 Å². The van der Waals surface area contributed by atoms with E-state index < -0.39 is 87.9 Å². The average molecular weight is 1700 g/mol. The van der Waals surface area contributed by atoms with Gasteiger partial charge in [0, 0.05) is 107 Å². The van der Waals surface area contributed by atoms with Crippen LogP contribution in [0, 0.1) is 16.2 Å². The monoisotopic (exact) mass is 1700 g/mol. The number of hydrogen-bond donors (Lipinski definition) is 2. The number of esters is 15. The molecule has 1 atom stereocenters. The Balaban J connectivity index is -0.000000802. The van der Waals surface area contributed by atoms with Crippen LogP contribution in [0.2, 0.25) is 0 Å². The summed E-state index contributed by atoms with van der Waals surface area (Å²) in [6, 6.07) is 0. The van der Waals surface area contributed by atoms with E-state index in [0.29, 0.717) is 64.8 Å². The van der Waals surface area contributed by atoms with E-state index >= 15 is 0 Å². The SMILES string of the molecule is C=CC(=O)OCCC.C=CC(=O)OCCCC.C=CCC(=O)OCCCCCOC(=O)CCN(CCC(=O)OCCOC(=O)C=C)CCN(CCCC(=O)OCC(CC)(COC(=O)C=C)COC(=O)CC=C)CCC(=O)OCC(CC)(COC(=O)C=C)COC(=O)C=C.C=CCCC(=O)OCC(CC)(COC(=O)C=C)COC(=O)C=C.NCCN. The van der Waals surface area contributed by atoms with Crippen molar-refractivity contribution in [1.82, 2.24) is 9.80 Å². The van der Waals surface area contributed by atoms with Gasteiger partial charge in [0.05, 0.1) is 74.8 Å². The van der Waals surface area contributed by atoms with E-state index in [1.165, 1.54) is 18.2 Å². The number of rotatable bonds is 67. The highest BCUT2D eigenvalue weighted by Crippen LogP contribution is 2.28. The van der Waals surface area contributed by atoms with Gasteiger partial charge in [-0.2, -0.15) is 0 Å². The lowest BCUT2D eigenvalue weighted by Gasteiger charge is -2.31. The molecule has 0 fully saturated rings. The van der Waals surface area contributed by atoms with Crippen LogP contribution in [0.4, 0.5) is 0 Å². The highest BCUT2D eigenvalue weighted by Gasteiger charge is 2.37. The molecule has 0 rings (SSSR count). The first-order chi connectivity index (χ1) is 57.3. The van der Waals surface area contributed by atoms with Crippen molar-refractivity contribution in [2.45, 2.75) is 150 Å². The van der Waals surface area contributed by atoms with Crippen LogP contribution in [0.15, 0.2) is 139 Å². The number of carbonyl (C=O) groups excluding carboxylic acids is 15. The first kappa shape index (κ1) is 118. The van der Waals surface area contributed by atoms with Crippen molar-refractivity contribution in [3.05, 3.63) is 139 Å². The summed E-state index contributed by atoms with van der Waals surface area (Å²) in [5, 5.41) is 0. The van der Waals surface area contributed by atoms with Crippen molar-refractivity contribution in [2.24, 2.45) is 27.7 Å². The van der Waals surface area contributed by atoms with Crippen molar-refractivity contribution >= 4 is 89.5 Å². The summed E-state index contributed by atoms with van der Waals surface area (Å²) < 4.78 is 77.6. The molecule has 0 aliphatic rings. The van der Waals surface area contributed by atoms with E-state index in [-0.39, 0.29) is 201 Å². The van der Waals surface area contributed by atoms with Crippen LogP contribution < -0.4 is 11.5 Å². The van der Waals surface area contributed by atoms with Gasteiger partial charge in [0.2, 0.25) is 0 Å². The second kappa shape index (κ2) is 79.2. The minimum atomic E-state index is -1.11. The number of ether oxygens (including phenoxy) is 15. The van der Waals surface area contributed by atoms with Crippen LogP contribution in [-0.4, -0.2) is 251 Å². The summed E-state index contributed by atoms with van der Waals surface area (Å²) in [6.45, 7) is 48.1. The molecule has 0 aliphatic heterocycles. The normalized spacial score (nSPS) is 10.7. The number of hydrogen-bond acceptors (Lipinski definition) is 34. The van der Waals surface area contributed by atoms with E-state index in [9.17, 15) is 71.9 Å². The van der Waals surface area contributed by atoms with Gasteiger partial charge < -0.3 is 92.3 Å². The topological polar surface area (TPSA) is 453 Å². The fourth-order valence-electron chi connectivity index (χ4n) is 8.47. The summed E-state index contributed by atoms with van der Waals surface area (Å²) in [4.78, 5) is 182. The minimum absolute atomic E-state index is 0.0334. The van der Waals surface area contributed by atoms with E-state index in [1.807, 2.05) is 30.6 Å². The van der Waals surface area contributed by atoms with Crippen LogP contribution in [0.3, 0.4) is 0 Å². The molecule has 34 nitrogen and oxygen atoms in total. The maximum Gasteiger partial charge on any atom is 0.330 e. The first-order valence-electron chi connectivity index (χ1n) is 39.4. The van der Waals surface area contributed by atoms with Crippen LogP contribution in [0.25, 0.3) is 0 Å². The second-order valence-corrected chi connectivity index (χ2v) is 25.9. The molecule has 1 unspecified atom stereocenters. The Morgan fingerprint density at radius 1 is 0.258 bits per heavy atom. The molecular weight excluding hydrogens is 1570 g/mol. The molecule has 0 radical (unpaired) electrons. The Bertz CT molecular complexity index is 3100. The molecule has 120 heavy (non-hydrogen) atoms. The molecule has 0 spiro atoms. The third-order valence-corrected chi connectivity index (χ3v) is 16.3. The van der Waals surface area contributed by atoms with Gasteiger partial charge in [-0.15, -0.1) is 19.7 Å². The van der Waals surface area contributed by atoms with Gasteiger partial charge >= 0.3 is 89.5 Å². The molecule has 4 N–H and O–H groups in total. The number of nitrogens with two attached hydrogens (primary N) is 2. The van der Waals surface area contributed by atoms with Gasteiger partial charge in [0.1, 0.15) is 72.7 Å². The molecule has 0 amide bonds. The molecule has 0 aromatic carbocycles. The Kier molecular flexibility index (Phi) is 77.6. The molecule has 0 saturated heterocycles. The van der Waals surface area contributed by atoms with Crippen LogP contribution in [-0.2, 0) is 143 Å². The summed E-state index contributed by atoms with van der Waals surface area (Å²) >= 11 is 0. The predicted molar refractivity (Wildman–Crippen MR) is 446 cm³/mol. The van der Waals surface area contributed by atoms with Crippen LogP contribution >= 0.6 is 0 Å². The summed E-state index contributed by atoms with van der Waals surface area (Å²) in [5.74, 6) is -8.42. The fourth-order valence-corrected chi connectivity index (χ4v) is 8.47. The van der Waals surface area contributed by atoms with Crippen LogP contribution in [0.5, 0.6) is 0 Å². The van der Waals surface area contributed by atoms with E-state index in [2.05, 4.69) is 81.8 Å². The summed E-state index contributed by atoms with van der Waals surface area (Å²) in [5.41, 5.74) is 6.81. The van der Waals surface area contributed by atoms with Crippen molar-refractivity contribution in [2.75, 3.05) is 151 Å². The predicted octanol–water partition coefficient (Wildman–Crippen LogP) is 8.73. The maximum atomic E-state index is 13.4. The maximum absolute atomic E-state index is 13.4. The highest BCUT2D eigenvalue weighted by molar-refractivity contribution is 5.84. The lowest BCUT2D eigenvalue weighted by Crippen LogP contribution is -2.40. The lowest BCUT2D eigenvalue weighted by atomic mass is 9.88. The number of carbonyl (C=O) groups is 15. The zero-order chi connectivity index (χ0) is 91.7. The standard InChI is InChI=1S/C54H80N2O20.C17H24O6.C7H12O2.C6H10O2.C2H8N2/c1-9-21-47(61)67-33-18-17-19-34-68-50(64)24-29-56(30-25-51(65)70-36-35-69-43(57)11-3)32-31-55(28-26-52(66)76-42-53(15-7,37-71-44(58)12-4)38-72-45(59)13-5)27-20-23-49(63)75-41-54(16-8,39-73-46(60)14-6)40-74-48(62)22-10-2;1-5-9-10-16(20)23-13-17(8-4,11-21-14(18)6-2)12-22-15(19)7-3;1-3-5-6-9-7(8)4-2;1-3-5-8-6(7)4-2;3-1-2-4/h9-14H,1-6,15-42H2,7-8H3;5-7H,1-3,8-13H2,4H3;4H,2-3,5-6H2,1H3;4H,2-3,5H2,1H3;1-4H2. The molecule has 678 valence electrons. The fraction of sp³-hybridized carbons (Fsp3) is 0.570. The Morgan fingerprint density at radius 2 is 0.525 bits per heavy atom. The van der Waals surface area contributed by atoms with Gasteiger partial charge in [0.15, 0.2) is 0 Å². The summed E-state index contributed by atoms with van der Waals surface area (Å²) in [6.07, 6.45) is 18.9. The van der Waals surface area contributed by atoms with Crippen molar-refractivity contribution < 1.29 is 143 Å². The van der Waals surface area contributed by atoms with Crippen LogP contribution in [0.1, 0.15) is 150 Å².